The summed E-state index contributed by atoms with van der Waals surface area (Å²) in [6.07, 6.45) is 4.53. The summed E-state index contributed by atoms with van der Waals surface area (Å²) >= 11 is 0. The van der Waals surface area contributed by atoms with E-state index in [1.54, 1.807) is 0 Å². The molecule has 2 heteroatoms. The first-order valence-corrected chi connectivity index (χ1v) is 4.79. The van der Waals surface area contributed by atoms with Crippen molar-refractivity contribution in [1.82, 2.24) is 0 Å². The van der Waals surface area contributed by atoms with E-state index in [-0.39, 0.29) is 0 Å². The molecule has 0 aromatic heterocycles. The maximum atomic E-state index is 11.0. The van der Waals surface area contributed by atoms with Crippen molar-refractivity contribution in [3.63, 3.8) is 0 Å². The molecule has 0 aliphatic carbocycles. The van der Waals surface area contributed by atoms with Gasteiger partial charge in [0.2, 0.25) is 0 Å². The second-order valence-electron chi connectivity index (χ2n) is 2.34. The van der Waals surface area contributed by atoms with Gasteiger partial charge in [0.25, 0.3) is 0 Å². The van der Waals surface area contributed by atoms with Crippen LogP contribution in [-0.2, 0) is 4.57 Å². The maximum Gasteiger partial charge on any atom is 0.341 e. The Balaban J connectivity index is 2.42. The Hall–Kier alpha value is 0.100. The molecule has 2 unspecified atom stereocenters. The first-order chi connectivity index (χ1) is 3.84. The van der Waals surface area contributed by atoms with E-state index in [1.807, 2.05) is 0 Å². The summed E-state index contributed by atoms with van der Waals surface area (Å²) < 4.78 is 11.0. The summed E-state index contributed by atoms with van der Waals surface area (Å²) in [5.41, 5.74) is 0.574. The van der Waals surface area contributed by atoms with Gasteiger partial charge in [-0.25, -0.2) is 0 Å². The van der Waals surface area contributed by atoms with Crippen molar-refractivity contribution in [2.45, 2.75) is 31.8 Å². The quantitative estimate of drug-likeness (QED) is 0.499. The van der Waals surface area contributed by atoms with Gasteiger partial charge in [0, 0.05) is 0 Å². The van der Waals surface area contributed by atoms with E-state index < -0.39 is 7.80 Å². The Kier molecular flexibility index (Phi) is 2.01. The SMILES string of the molecule is CCC1CCC[P+]1=O. The molecule has 0 saturated carbocycles. The Morgan fingerprint density at radius 2 is 2.50 bits per heavy atom. The molecule has 1 rings (SSSR count). The van der Waals surface area contributed by atoms with Crippen molar-refractivity contribution in [3.05, 3.63) is 0 Å². The van der Waals surface area contributed by atoms with Gasteiger partial charge in [-0.15, -0.1) is 0 Å². The molecule has 0 bridgehead atoms. The normalized spacial score (nSPS) is 33.6. The molecular formula is C6H12OP+. The lowest BCUT2D eigenvalue weighted by Gasteiger charge is -1.88. The number of rotatable bonds is 1. The Morgan fingerprint density at radius 3 is 2.75 bits per heavy atom. The van der Waals surface area contributed by atoms with E-state index in [0.29, 0.717) is 5.66 Å². The molecule has 0 amide bonds. The fraction of sp³-hybridized carbons (Fsp3) is 1.00. The molecular weight excluding hydrogens is 119 g/mol. The van der Waals surface area contributed by atoms with Gasteiger partial charge in [0.1, 0.15) is 6.16 Å². The molecule has 0 N–H and O–H groups in total. The van der Waals surface area contributed by atoms with Crippen LogP contribution >= 0.6 is 7.80 Å². The van der Waals surface area contributed by atoms with E-state index in [0.717, 1.165) is 12.6 Å². The first kappa shape index (κ1) is 6.22. The summed E-state index contributed by atoms with van der Waals surface area (Å²) in [6.45, 7) is 2.13. The lowest BCUT2D eigenvalue weighted by atomic mass is 10.2. The van der Waals surface area contributed by atoms with Gasteiger partial charge < -0.3 is 0 Å². The zero-order valence-electron chi connectivity index (χ0n) is 5.26. The average Bonchev–Trinajstić information content (AvgIpc) is 2.14. The van der Waals surface area contributed by atoms with Crippen LogP contribution in [0.4, 0.5) is 0 Å². The Labute approximate surface area is 51.3 Å². The molecule has 1 aliphatic heterocycles. The second kappa shape index (κ2) is 2.59. The highest BCUT2D eigenvalue weighted by atomic mass is 31.1. The third kappa shape index (κ3) is 1.08. The topological polar surface area (TPSA) is 17.1 Å². The molecule has 0 radical (unpaired) electrons. The first-order valence-electron chi connectivity index (χ1n) is 3.28. The monoisotopic (exact) mass is 131 g/mol. The van der Waals surface area contributed by atoms with Gasteiger partial charge in [-0.3, -0.25) is 0 Å². The van der Waals surface area contributed by atoms with Crippen LogP contribution in [0.15, 0.2) is 0 Å². The number of hydrogen-bond donors (Lipinski definition) is 0. The molecule has 8 heavy (non-hydrogen) atoms. The van der Waals surface area contributed by atoms with Gasteiger partial charge in [0.15, 0.2) is 5.66 Å². The largest absolute Gasteiger partial charge is 0.341 e. The van der Waals surface area contributed by atoms with E-state index in [9.17, 15) is 4.57 Å². The smallest absolute Gasteiger partial charge is 0.0745 e. The summed E-state index contributed by atoms with van der Waals surface area (Å²) in [5.74, 6) is 0. The van der Waals surface area contributed by atoms with E-state index in [2.05, 4.69) is 6.92 Å². The molecule has 0 aromatic rings. The minimum Gasteiger partial charge on any atom is -0.0745 e. The fourth-order valence-electron chi connectivity index (χ4n) is 1.22. The zero-order valence-corrected chi connectivity index (χ0v) is 6.16. The van der Waals surface area contributed by atoms with Crippen LogP contribution < -0.4 is 0 Å². The van der Waals surface area contributed by atoms with Gasteiger partial charge in [-0.05, 0) is 19.3 Å². The minimum absolute atomic E-state index is 0.574. The van der Waals surface area contributed by atoms with E-state index in [1.165, 1.54) is 12.8 Å². The molecule has 1 heterocycles. The standard InChI is InChI=1S/C6H12OP/c1-2-6-4-3-5-8(6)7/h6H,2-5H2,1H3/q+1. The molecule has 1 aliphatic rings. The van der Waals surface area contributed by atoms with Gasteiger partial charge in [-0.1, -0.05) is 11.5 Å². The Bertz CT molecular complexity index is 101. The molecule has 0 spiro atoms. The van der Waals surface area contributed by atoms with Crippen LogP contribution in [0, 0.1) is 0 Å². The van der Waals surface area contributed by atoms with Crippen molar-refractivity contribution in [2.24, 2.45) is 0 Å². The predicted molar refractivity (Wildman–Crippen MR) is 35.8 cm³/mol. The van der Waals surface area contributed by atoms with Crippen molar-refractivity contribution in [2.75, 3.05) is 6.16 Å². The summed E-state index contributed by atoms with van der Waals surface area (Å²) in [6, 6.07) is 0. The van der Waals surface area contributed by atoms with Crippen LogP contribution in [-0.4, -0.2) is 11.8 Å². The molecule has 2 atom stereocenters. The summed E-state index contributed by atoms with van der Waals surface area (Å²) in [4.78, 5) is 0. The van der Waals surface area contributed by atoms with Gasteiger partial charge in [0.05, 0.1) is 0 Å². The molecule has 46 valence electrons. The third-order valence-corrected chi connectivity index (χ3v) is 3.99. The van der Waals surface area contributed by atoms with E-state index >= 15 is 0 Å². The Morgan fingerprint density at radius 1 is 1.75 bits per heavy atom. The third-order valence-electron chi connectivity index (χ3n) is 1.79. The highest BCUT2D eigenvalue weighted by Gasteiger charge is 2.33. The minimum atomic E-state index is -0.779. The zero-order chi connectivity index (χ0) is 5.98. The molecule has 0 aromatic carbocycles. The predicted octanol–water partition coefficient (Wildman–Crippen LogP) is 2.39. The van der Waals surface area contributed by atoms with Crippen molar-refractivity contribution < 1.29 is 4.57 Å². The molecule has 1 fully saturated rings. The van der Waals surface area contributed by atoms with Crippen LogP contribution in [0.25, 0.3) is 0 Å². The van der Waals surface area contributed by atoms with Gasteiger partial charge in [-0.2, -0.15) is 0 Å². The maximum absolute atomic E-state index is 11.0. The molecule has 1 saturated heterocycles. The summed E-state index contributed by atoms with van der Waals surface area (Å²) in [7, 11) is -0.779. The highest BCUT2D eigenvalue weighted by molar-refractivity contribution is 7.45. The lowest BCUT2D eigenvalue weighted by Crippen LogP contribution is -1.90. The molecule has 1 nitrogen and oxygen atoms in total. The van der Waals surface area contributed by atoms with Crippen molar-refractivity contribution in [1.29, 1.82) is 0 Å². The van der Waals surface area contributed by atoms with Crippen molar-refractivity contribution in [3.8, 4) is 0 Å². The highest BCUT2D eigenvalue weighted by Crippen LogP contribution is 2.40. The summed E-state index contributed by atoms with van der Waals surface area (Å²) in [5, 5.41) is 0. The average molecular weight is 131 g/mol. The fourth-order valence-corrected chi connectivity index (χ4v) is 2.95. The van der Waals surface area contributed by atoms with Gasteiger partial charge >= 0.3 is 7.80 Å². The van der Waals surface area contributed by atoms with Crippen LogP contribution in [0.1, 0.15) is 26.2 Å². The van der Waals surface area contributed by atoms with Crippen LogP contribution in [0.5, 0.6) is 0 Å². The van der Waals surface area contributed by atoms with Crippen molar-refractivity contribution >= 4 is 7.80 Å². The van der Waals surface area contributed by atoms with Crippen LogP contribution in [0.3, 0.4) is 0 Å². The van der Waals surface area contributed by atoms with E-state index in [4.69, 9.17) is 0 Å². The second-order valence-corrected chi connectivity index (χ2v) is 4.36. The van der Waals surface area contributed by atoms with Crippen LogP contribution in [0.2, 0.25) is 0 Å². The number of hydrogen-bond acceptors (Lipinski definition) is 1. The lowest BCUT2D eigenvalue weighted by molar-refractivity contribution is 0.582.